The number of carbonyl (C=O) groups is 1. The summed E-state index contributed by atoms with van der Waals surface area (Å²) in [7, 11) is -3.36. The molecule has 5 nitrogen and oxygen atoms in total. The summed E-state index contributed by atoms with van der Waals surface area (Å²) in [4.78, 5) is 12.3. The molecule has 7 heteroatoms. The Morgan fingerprint density at radius 2 is 1.92 bits per heavy atom. The summed E-state index contributed by atoms with van der Waals surface area (Å²) in [6.45, 7) is 2.06. The second kappa shape index (κ2) is 6.84. The van der Waals surface area contributed by atoms with Crippen molar-refractivity contribution < 1.29 is 17.6 Å². The van der Waals surface area contributed by atoms with Crippen molar-refractivity contribution in [2.45, 2.75) is 19.8 Å². The summed E-state index contributed by atoms with van der Waals surface area (Å²) >= 11 is 0. The maximum atomic E-state index is 13.0. The first-order chi connectivity index (χ1) is 11.9. The normalized spacial score (nSPS) is 14.1. The zero-order valence-electron chi connectivity index (χ0n) is 13.8. The van der Waals surface area contributed by atoms with Crippen LogP contribution in [0.15, 0.2) is 42.5 Å². The molecular weight excluding hydrogens is 343 g/mol. The number of aryl methyl sites for hydroxylation is 1. The molecule has 0 aliphatic carbocycles. The summed E-state index contributed by atoms with van der Waals surface area (Å²) in [5.41, 5.74) is 2.40. The smallest absolute Gasteiger partial charge is 0.255 e. The van der Waals surface area contributed by atoms with E-state index >= 15 is 0 Å². The van der Waals surface area contributed by atoms with Gasteiger partial charge in [0.2, 0.25) is 10.0 Å². The zero-order valence-corrected chi connectivity index (χ0v) is 14.6. The van der Waals surface area contributed by atoms with E-state index in [0.717, 1.165) is 18.4 Å². The highest BCUT2D eigenvalue weighted by molar-refractivity contribution is 7.92. The Balaban J connectivity index is 1.88. The van der Waals surface area contributed by atoms with E-state index in [4.69, 9.17) is 0 Å². The summed E-state index contributed by atoms with van der Waals surface area (Å²) < 4.78 is 39.0. The van der Waals surface area contributed by atoms with Crippen LogP contribution in [0.1, 0.15) is 29.3 Å². The van der Waals surface area contributed by atoms with Crippen molar-refractivity contribution in [2.24, 2.45) is 0 Å². The predicted octanol–water partition coefficient (Wildman–Crippen LogP) is 3.18. The summed E-state index contributed by atoms with van der Waals surface area (Å²) in [5, 5.41) is 2.73. The van der Waals surface area contributed by atoms with Crippen molar-refractivity contribution in [3.05, 3.63) is 59.4 Å². The standard InChI is InChI=1S/C18H19FN2O3S/c1-2-25(23,24)21-11-3-4-13-7-10-16(12-17(13)21)20-18(22)14-5-8-15(19)9-6-14/h5-10,12H,2-4,11H2,1H3,(H,20,22). The van der Waals surface area contributed by atoms with Gasteiger partial charge in [0.05, 0.1) is 11.4 Å². The van der Waals surface area contributed by atoms with Gasteiger partial charge in [-0.2, -0.15) is 0 Å². The lowest BCUT2D eigenvalue weighted by molar-refractivity contribution is 0.102. The van der Waals surface area contributed by atoms with Crippen molar-refractivity contribution in [3.8, 4) is 0 Å². The van der Waals surface area contributed by atoms with Gasteiger partial charge in [-0.1, -0.05) is 6.07 Å². The van der Waals surface area contributed by atoms with Gasteiger partial charge in [0.1, 0.15) is 5.82 Å². The van der Waals surface area contributed by atoms with Crippen molar-refractivity contribution in [1.29, 1.82) is 0 Å². The number of rotatable bonds is 4. The van der Waals surface area contributed by atoms with Crippen LogP contribution in [0.5, 0.6) is 0 Å². The number of hydrogen-bond acceptors (Lipinski definition) is 3. The fourth-order valence-corrected chi connectivity index (χ4v) is 4.06. The number of anilines is 2. The summed E-state index contributed by atoms with van der Waals surface area (Å²) in [5.74, 6) is -0.759. The molecule has 0 bridgehead atoms. The lowest BCUT2D eigenvalue weighted by Crippen LogP contribution is -2.36. The van der Waals surface area contributed by atoms with Crippen LogP contribution in [-0.2, 0) is 16.4 Å². The first-order valence-corrected chi connectivity index (χ1v) is 9.72. The van der Waals surface area contributed by atoms with Gasteiger partial charge in [0, 0.05) is 17.8 Å². The van der Waals surface area contributed by atoms with E-state index in [1.807, 2.05) is 6.07 Å². The van der Waals surface area contributed by atoms with Gasteiger partial charge in [-0.3, -0.25) is 9.10 Å². The number of nitrogens with zero attached hydrogens (tertiary/aromatic N) is 1. The molecule has 3 rings (SSSR count). The van der Waals surface area contributed by atoms with Crippen LogP contribution in [0.2, 0.25) is 0 Å². The number of benzene rings is 2. The molecule has 0 spiro atoms. The van der Waals surface area contributed by atoms with Crippen LogP contribution in [0.25, 0.3) is 0 Å². The van der Waals surface area contributed by atoms with E-state index < -0.39 is 15.8 Å². The Morgan fingerprint density at radius 3 is 2.60 bits per heavy atom. The summed E-state index contributed by atoms with van der Waals surface area (Å²) in [6, 6.07) is 10.5. The SMILES string of the molecule is CCS(=O)(=O)N1CCCc2ccc(NC(=O)c3ccc(F)cc3)cc21. The maximum Gasteiger partial charge on any atom is 0.255 e. The molecule has 0 radical (unpaired) electrons. The molecule has 1 aliphatic heterocycles. The average Bonchev–Trinajstić information content (AvgIpc) is 2.61. The first-order valence-electron chi connectivity index (χ1n) is 8.11. The third kappa shape index (κ3) is 3.66. The Bertz CT molecular complexity index is 895. The Labute approximate surface area is 146 Å². The van der Waals surface area contributed by atoms with Gasteiger partial charge in [-0.05, 0) is 61.7 Å². The minimum atomic E-state index is -3.36. The molecule has 0 saturated heterocycles. The van der Waals surface area contributed by atoms with Crippen LogP contribution in [0.3, 0.4) is 0 Å². The minimum Gasteiger partial charge on any atom is -0.322 e. The molecule has 1 heterocycles. The zero-order chi connectivity index (χ0) is 18.0. The van der Waals surface area contributed by atoms with Gasteiger partial charge in [-0.15, -0.1) is 0 Å². The fourth-order valence-electron chi connectivity index (χ4n) is 2.87. The maximum absolute atomic E-state index is 13.0. The molecule has 1 amide bonds. The van der Waals surface area contributed by atoms with Gasteiger partial charge in [-0.25, -0.2) is 12.8 Å². The van der Waals surface area contributed by atoms with Crippen LogP contribution < -0.4 is 9.62 Å². The highest BCUT2D eigenvalue weighted by atomic mass is 32.2. The molecule has 2 aromatic rings. The molecule has 0 unspecified atom stereocenters. The third-order valence-electron chi connectivity index (χ3n) is 4.23. The van der Waals surface area contributed by atoms with Gasteiger partial charge in [0.25, 0.3) is 5.91 Å². The highest BCUT2D eigenvalue weighted by Gasteiger charge is 2.26. The molecule has 0 fully saturated rings. The van der Waals surface area contributed by atoms with E-state index in [1.54, 1.807) is 19.1 Å². The molecule has 132 valence electrons. The lowest BCUT2D eigenvalue weighted by atomic mass is 10.0. The van der Waals surface area contributed by atoms with Crippen molar-refractivity contribution in [2.75, 3.05) is 21.9 Å². The Kier molecular flexibility index (Phi) is 4.76. The number of amides is 1. The van der Waals surface area contributed by atoms with Crippen LogP contribution >= 0.6 is 0 Å². The first kappa shape index (κ1) is 17.4. The van der Waals surface area contributed by atoms with Gasteiger partial charge >= 0.3 is 0 Å². The summed E-state index contributed by atoms with van der Waals surface area (Å²) in [6.07, 6.45) is 1.57. The van der Waals surface area contributed by atoms with E-state index in [2.05, 4.69) is 5.32 Å². The lowest BCUT2D eigenvalue weighted by Gasteiger charge is -2.30. The predicted molar refractivity (Wildman–Crippen MR) is 95.9 cm³/mol. The molecule has 0 aromatic heterocycles. The second-order valence-corrected chi connectivity index (χ2v) is 8.06. The quantitative estimate of drug-likeness (QED) is 0.908. The fraction of sp³-hybridized carbons (Fsp3) is 0.278. The molecule has 25 heavy (non-hydrogen) atoms. The Morgan fingerprint density at radius 1 is 1.20 bits per heavy atom. The van der Waals surface area contributed by atoms with E-state index in [9.17, 15) is 17.6 Å². The van der Waals surface area contributed by atoms with Crippen LogP contribution in [0, 0.1) is 5.82 Å². The highest BCUT2D eigenvalue weighted by Crippen LogP contribution is 2.32. The van der Waals surface area contributed by atoms with E-state index in [0.29, 0.717) is 23.5 Å². The van der Waals surface area contributed by atoms with Crippen LogP contribution in [0.4, 0.5) is 15.8 Å². The number of nitrogens with one attached hydrogen (secondary N) is 1. The number of carbonyl (C=O) groups excluding carboxylic acids is 1. The largest absolute Gasteiger partial charge is 0.322 e. The van der Waals surface area contributed by atoms with Crippen molar-refractivity contribution in [3.63, 3.8) is 0 Å². The van der Waals surface area contributed by atoms with Crippen molar-refractivity contribution >= 4 is 27.3 Å². The Hall–Kier alpha value is -2.41. The molecule has 1 aliphatic rings. The number of halogens is 1. The van der Waals surface area contributed by atoms with Gasteiger partial charge < -0.3 is 5.32 Å². The number of sulfonamides is 1. The molecule has 1 N–H and O–H groups in total. The van der Waals surface area contributed by atoms with Gasteiger partial charge in [0.15, 0.2) is 0 Å². The van der Waals surface area contributed by atoms with Crippen molar-refractivity contribution in [1.82, 2.24) is 0 Å². The molecular formula is C18H19FN2O3S. The third-order valence-corrected chi connectivity index (χ3v) is 6.01. The topological polar surface area (TPSA) is 66.5 Å². The molecule has 0 atom stereocenters. The second-order valence-electron chi connectivity index (χ2n) is 5.88. The monoisotopic (exact) mass is 362 g/mol. The minimum absolute atomic E-state index is 0.0264. The van der Waals surface area contributed by atoms with E-state index in [-0.39, 0.29) is 11.7 Å². The number of fused-ring (bicyclic) bond motifs is 1. The molecule has 2 aromatic carbocycles. The molecule has 0 saturated carbocycles. The van der Waals surface area contributed by atoms with Crippen LogP contribution in [-0.4, -0.2) is 26.6 Å². The number of hydrogen-bond donors (Lipinski definition) is 1. The average molecular weight is 362 g/mol. The van der Waals surface area contributed by atoms with E-state index in [1.165, 1.54) is 28.6 Å².